The Labute approximate surface area is 163 Å². The SMILES string of the molecule is Cl.Cl.NC1(C(=O)Nc2ccc(CCN3CCCC3)cc2)CCCCC1. The number of nitrogens with zero attached hydrogens (tertiary/aromatic N) is 1. The number of hydrogen-bond donors (Lipinski definition) is 2. The lowest BCUT2D eigenvalue weighted by Crippen LogP contribution is -2.52. The van der Waals surface area contributed by atoms with E-state index >= 15 is 0 Å². The summed E-state index contributed by atoms with van der Waals surface area (Å²) in [5.74, 6) is -0.0259. The first-order valence-electron chi connectivity index (χ1n) is 9.07. The second-order valence-corrected chi connectivity index (χ2v) is 7.17. The molecule has 4 nitrogen and oxygen atoms in total. The summed E-state index contributed by atoms with van der Waals surface area (Å²) in [4.78, 5) is 15.0. The highest BCUT2D eigenvalue weighted by Crippen LogP contribution is 2.27. The number of halogens is 2. The van der Waals surface area contributed by atoms with Gasteiger partial charge in [0.15, 0.2) is 0 Å². The Hall–Kier alpha value is -0.810. The summed E-state index contributed by atoms with van der Waals surface area (Å²) >= 11 is 0. The fourth-order valence-electron chi connectivity index (χ4n) is 3.71. The van der Waals surface area contributed by atoms with Gasteiger partial charge in [-0.2, -0.15) is 0 Å². The van der Waals surface area contributed by atoms with Crippen molar-refractivity contribution >= 4 is 36.4 Å². The molecule has 0 radical (unpaired) electrons. The molecule has 1 aliphatic heterocycles. The molecule has 142 valence electrons. The van der Waals surface area contributed by atoms with Crippen molar-refractivity contribution in [3.05, 3.63) is 29.8 Å². The molecule has 1 amide bonds. The molecular formula is C19H31Cl2N3O. The van der Waals surface area contributed by atoms with E-state index in [9.17, 15) is 4.79 Å². The van der Waals surface area contributed by atoms with E-state index < -0.39 is 5.54 Å². The van der Waals surface area contributed by atoms with E-state index in [1.807, 2.05) is 12.1 Å². The van der Waals surface area contributed by atoms with E-state index in [-0.39, 0.29) is 30.7 Å². The van der Waals surface area contributed by atoms with Crippen molar-refractivity contribution < 1.29 is 4.79 Å². The molecule has 3 N–H and O–H groups in total. The Balaban J connectivity index is 0.00000156. The van der Waals surface area contributed by atoms with E-state index in [0.717, 1.165) is 44.3 Å². The third-order valence-electron chi connectivity index (χ3n) is 5.33. The number of nitrogens with two attached hydrogens (primary N) is 1. The number of amides is 1. The van der Waals surface area contributed by atoms with Crippen molar-refractivity contribution in [2.45, 2.75) is 56.9 Å². The number of benzene rings is 1. The van der Waals surface area contributed by atoms with Crippen LogP contribution >= 0.6 is 24.8 Å². The highest BCUT2D eigenvalue weighted by molar-refractivity contribution is 5.98. The maximum atomic E-state index is 12.4. The van der Waals surface area contributed by atoms with E-state index in [0.29, 0.717) is 0 Å². The predicted octanol–water partition coefficient (Wildman–Crippen LogP) is 3.77. The number of rotatable bonds is 5. The number of nitrogens with one attached hydrogen (secondary N) is 1. The quantitative estimate of drug-likeness (QED) is 0.807. The number of carbonyl (C=O) groups is 1. The van der Waals surface area contributed by atoms with Crippen LogP contribution in [0, 0.1) is 0 Å². The maximum absolute atomic E-state index is 12.4. The minimum absolute atomic E-state index is 0. The van der Waals surface area contributed by atoms with Gasteiger partial charge in [-0.3, -0.25) is 4.79 Å². The van der Waals surface area contributed by atoms with E-state index in [1.165, 1.54) is 37.9 Å². The van der Waals surface area contributed by atoms with Crippen LogP contribution in [0.4, 0.5) is 5.69 Å². The molecule has 1 aliphatic carbocycles. The monoisotopic (exact) mass is 387 g/mol. The molecule has 1 aromatic rings. The molecule has 2 aliphatic rings. The van der Waals surface area contributed by atoms with Gasteiger partial charge in [-0.25, -0.2) is 0 Å². The molecule has 25 heavy (non-hydrogen) atoms. The van der Waals surface area contributed by atoms with Gasteiger partial charge >= 0.3 is 0 Å². The lowest BCUT2D eigenvalue weighted by atomic mass is 9.82. The molecular weight excluding hydrogens is 357 g/mol. The maximum Gasteiger partial charge on any atom is 0.244 e. The third-order valence-corrected chi connectivity index (χ3v) is 5.33. The van der Waals surface area contributed by atoms with Crippen molar-refractivity contribution in [1.29, 1.82) is 0 Å². The summed E-state index contributed by atoms with van der Waals surface area (Å²) in [6, 6.07) is 8.25. The molecule has 6 heteroatoms. The normalized spacial score (nSPS) is 19.6. The average molecular weight is 388 g/mol. The standard InChI is InChI=1S/C19H29N3O.2ClH/c20-19(11-2-1-3-12-19)18(23)21-17-8-6-16(7-9-17)10-15-22-13-4-5-14-22;;/h6-9H,1-5,10-15,20H2,(H,21,23);2*1H. The largest absolute Gasteiger partial charge is 0.324 e. The Kier molecular flexibility index (Phi) is 9.22. The van der Waals surface area contributed by atoms with E-state index in [2.05, 4.69) is 22.3 Å². The first-order chi connectivity index (χ1) is 11.2. The molecule has 0 atom stereocenters. The van der Waals surface area contributed by atoms with Crippen molar-refractivity contribution in [2.24, 2.45) is 5.73 Å². The molecule has 0 bridgehead atoms. The Bertz CT molecular complexity index is 524. The highest BCUT2D eigenvalue weighted by Gasteiger charge is 2.35. The van der Waals surface area contributed by atoms with Crippen LogP contribution in [0.2, 0.25) is 0 Å². The molecule has 1 saturated carbocycles. The van der Waals surface area contributed by atoms with Crippen LogP contribution in [0.5, 0.6) is 0 Å². The van der Waals surface area contributed by atoms with Crippen LogP contribution in [-0.2, 0) is 11.2 Å². The first kappa shape index (κ1) is 22.2. The molecule has 0 spiro atoms. The Morgan fingerprint density at radius 1 is 1.00 bits per heavy atom. The van der Waals surface area contributed by atoms with Crippen LogP contribution in [0.1, 0.15) is 50.5 Å². The molecule has 0 aromatic heterocycles. The van der Waals surface area contributed by atoms with Gasteiger partial charge in [-0.05, 0) is 62.9 Å². The fourth-order valence-corrected chi connectivity index (χ4v) is 3.71. The van der Waals surface area contributed by atoms with Gasteiger partial charge in [0.1, 0.15) is 0 Å². The lowest BCUT2D eigenvalue weighted by Gasteiger charge is -2.31. The smallest absolute Gasteiger partial charge is 0.244 e. The Morgan fingerprint density at radius 2 is 1.60 bits per heavy atom. The van der Waals surface area contributed by atoms with Gasteiger partial charge in [0, 0.05) is 12.2 Å². The van der Waals surface area contributed by atoms with Gasteiger partial charge in [0.05, 0.1) is 5.54 Å². The number of carbonyl (C=O) groups excluding carboxylic acids is 1. The summed E-state index contributed by atoms with van der Waals surface area (Å²) < 4.78 is 0. The van der Waals surface area contributed by atoms with Crippen molar-refractivity contribution in [2.75, 3.05) is 25.0 Å². The second kappa shape index (κ2) is 10.4. The number of hydrogen-bond acceptors (Lipinski definition) is 3. The number of anilines is 1. The van der Waals surface area contributed by atoms with Crippen LogP contribution in [0.25, 0.3) is 0 Å². The van der Waals surface area contributed by atoms with Gasteiger partial charge in [-0.1, -0.05) is 31.4 Å². The van der Waals surface area contributed by atoms with Gasteiger partial charge in [-0.15, -0.1) is 24.8 Å². The molecule has 1 aromatic carbocycles. The van der Waals surface area contributed by atoms with Crippen molar-refractivity contribution in [3.63, 3.8) is 0 Å². The van der Waals surface area contributed by atoms with Crippen molar-refractivity contribution in [3.8, 4) is 0 Å². The summed E-state index contributed by atoms with van der Waals surface area (Å²) in [6.07, 6.45) is 8.66. The molecule has 0 unspecified atom stereocenters. The summed E-state index contributed by atoms with van der Waals surface area (Å²) in [5, 5.41) is 3.00. The molecule has 1 saturated heterocycles. The first-order valence-corrected chi connectivity index (χ1v) is 9.07. The van der Waals surface area contributed by atoms with Crippen molar-refractivity contribution in [1.82, 2.24) is 4.90 Å². The van der Waals surface area contributed by atoms with Gasteiger partial charge in [0.2, 0.25) is 5.91 Å². The zero-order chi connectivity index (χ0) is 16.1. The second-order valence-electron chi connectivity index (χ2n) is 7.17. The van der Waals surface area contributed by atoms with Gasteiger partial charge in [0.25, 0.3) is 0 Å². The lowest BCUT2D eigenvalue weighted by molar-refractivity contribution is -0.122. The van der Waals surface area contributed by atoms with Crippen LogP contribution in [0.15, 0.2) is 24.3 Å². The van der Waals surface area contributed by atoms with E-state index in [4.69, 9.17) is 5.73 Å². The minimum Gasteiger partial charge on any atom is -0.324 e. The topological polar surface area (TPSA) is 58.4 Å². The molecule has 3 rings (SSSR count). The summed E-state index contributed by atoms with van der Waals surface area (Å²) in [6.45, 7) is 3.62. The van der Waals surface area contributed by atoms with Crippen LogP contribution in [0.3, 0.4) is 0 Å². The molecule has 1 heterocycles. The zero-order valence-electron chi connectivity index (χ0n) is 14.8. The predicted molar refractivity (Wildman–Crippen MR) is 109 cm³/mol. The zero-order valence-corrected chi connectivity index (χ0v) is 16.5. The number of likely N-dealkylation sites (tertiary alicyclic amines) is 1. The molecule has 2 fully saturated rings. The van der Waals surface area contributed by atoms with E-state index in [1.54, 1.807) is 0 Å². The Morgan fingerprint density at radius 3 is 2.20 bits per heavy atom. The summed E-state index contributed by atoms with van der Waals surface area (Å²) in [7, 11) is 0. The van der Waals surface area contributed by atoms with Gasteiger partial charge < -0.3 is 16.0 Å². The highest BCUT2D eigenvalue weighted by atomic mass is 35.5. The van der Waals surface area contributed by atoms with Crippen LogP contribution < -0.4 is 11.1 Å². The minimum atomic E-state index is -0.674. The van der Waals surface area contributed by atoms with Crippen LogP contribution in [-0.4, -0.2) is 36.0 Å². The average Bonchev–Trinajstić information content (AvgIpc) is 3.08. The fraction of sp³-hybridized carbons (Fsp3) is 0.632. The summed E-state index contributed by atoms with van der Waals surface area (Å²) in [5.41, 5.74) is 7.79. The third kappa shape index (κ3) is 6.14.